The van der Waals surface area contributed by atoms with Crippen molar-refractivity contribution in [1.29, 1.82) is 0 Å². The molecule has 5 heteroatoms. The summed E-state index contributed by atoms with van der Waals surface area (Å²) in [6.45, 7) is 6.75. The Hall–Kier alpha value is -2.82. The van der Waals surface area contributed by atoms with Crippen LogP contribution in [0.15, 0.2) is 48.5 Å². The van der Waals surface area contributed by atoms with Crippen molar-refractivity contribution in [1.82, 2.24) is 0 Å². The second-order valence-corrected chi connectivity index (χ2v) is 8.42. The molecule has 0 bridgehead atoms. The van der Waals surface area contributed by atoms with Crippen LogP contribution < -0.4 is 15.1 Å². The molecule has 0 saturated carbocycles. The zero-order chi connectivity index (χ0) is 20.4. The molecule has 2 heterocycles. The van der Waals surface area contributed by atoms with Gasteiger partial charge in [0.25, 0.3) is 0 Å². The van der Waals surface area contributed by atoms with Crippen LogP contribution in [0.3, 0.4) is 0 Å². The number of hydrogen-bond donors (Lipinski definition) is 1. The molecule has 2 amide bonds. The lowest BCUT2D eigenvalue weighted by atomic mass is 9.98. The monoisotopic (exact) mass is 391 g/mol. The van der Waals surface area contributed by atoms with Gasteiger partial charge in [-0.25, -0.2) is 0 Å². The minimum atomic E-state index is -0.336. The van der Waals surface area contributed by atoms with Gasteiger partial charge in [0.1, 0.15) is 0 Å². The zero-order valence-corrected chi connectivity index (χ0v) is 17.2. The van der Waals surface area contributed by atoms with Crippen LogP contribution in [0.25, 0.3) is 0 Å². The number of amides is 2. The predicted octanol–water partition coefficient (Wildman–Crippen LogP) is 4.22. The summed E-state index contributed by atoms with van der Waals surface area (Å²) in [6.07, 6.45) is 2.60. The maximum Gasteiger partial charge on any atom is 0.229 e. The van der Waals surface area contributed by atoms with E-state index in [4.69, 9.17) is 0 Å². The van der Waals surface area contributed by atoms with Crippen molar-refractivity contribution in [2.24, 2.45) is 11.8 Å². The number of rotatable bonds is 4. The molecule has 152 valence electrons. The summed E-state index contributed by atoms with van der Waals surface area (Å²) >= 11 is 0. The van der Waals surface area contributed by atoms with E-state index in [0.29, 0.717) is 6.54 Å². The lowest BCUT2D eigenvalue weighted by Gasteiger charge is -2.33. The minimum absolute atomic E-state index is 0.00838. The highest BCUT2D eigenvalue weighted by molar-refractivity contribution is 6.04. The van der Waals surface area contributed by atoms with E-state index in [2.05, 4.69) is 23.2 Å². The van der Waals surface area contributed by atoms with Gasteiger partial charge in [-0.15, -0.1) is 0 Å². The molecular formula is C24H29N3O2. The van der Waals surface area contributed by atoms with Gasteiger partial charge in [0.05, 0.1) is 17.3 Å². The first-order chi connectivity index (χ1) is 14.0. The van der Waals surface area contributed by atoms with E-state index in [9.17, 15) is 9.59 Å². The molecule has 0 spiro atoms. The molecule has 0 aliphatic carbocycles. The first kappa shape index (κ1) is 19.5. The third kappa shape index (κ3) is 4.29. The lowest BCUT2D eigenvalue weighted by Crippen LogP contribution is -2.34. The van der Waals surface area contributed by atoms with Crippen molar-refractivity contribution >= 4 is 28.9 Å². The predicted molar refractivity (Wildman–Crippen MR) is 117 cm³/mol. The maximum absolute atomic E-state index is 13.0. The van der Waals surface area contributed by atoms with Crippen molar-refractivity contribution in [2.45, 2.75) is 33.1 Å². The standard InChI is InChI=1S/C24H29N3O2/c1-17-10-12-26(13-11-17)22-9-4-3-8-21(22)25-24(29)19-15-23(28)27(16-19)20-7-5-6-18(2)14-20/h3-9,14,17,19H,10-13,15-16H2,1-2H3,(H,25,29)/t19-/m0/s1. The van der Waals surface area contributed by atoms with Crippen LogP contribution in [-0.4, -0.2) is 31.4 Å². The Bertz CT molecular complexity index is 903. The fourth-order valence-electron chi connectivity index (χ4n) is 4.27. The van der Waals surface area contributed by atoms with Gasteiger partial charge in [-0.1, -0.05) is 31.2 Å². The Labute approximate surface area is 172 Å². The summed E-state index contributed by atoms with van der Waals surface area (Å²) in [6, 6.07) is 15.9. The molecule has 2 saturated heterocycles. The zero-order valence-electron chi connectivity index (χ0n) is 17.2. The third-order valence-electron chi connectivity index (χ3n) is 6.10. The molecule has 5 nitrogen and oxygen atoms in total. The summed E-state index contributed by atoms with van der Waals surface area (Å²) in [5.41, 5.74) is 3.89. The van der Waals surface area contributed by atoms with Crippen LogP contribution >= 0.6 is 0 Å². The molecule has 1 atom stereocenters. The number of carbonyl (C=O) groups excluding carboxylic acids is 2. The van der Waals surface area contributed by atoms with Crippen LogP contribution in [0, 0.1) is 18.8 Å². The van der Waals surface area contributed by atoms with E-state index in [1.807, 2.05) is 49.4 Å². The highest BCUT2D eigenvalue weighted by atomic mass is 16.2. The number of piperidine rings is 1. The van der Waals surface area contributed by atoms with Crippen LogP contribution in [0.4, 0.5) is 17.1 Å². The van der Waals surface area contributed by atoms with Crippen molar-refractivity contribution in [3.63, 3.8) is 0 Å². The molecule has 2 aliphatic rings. The normalized spacial score (nSPS) is 20.2. The Kier molecular flexibility index (Phi) is 5.56. The Balaban J connectivity index is 1.46. The number of aryl methyl sites for hydroxylation is 1. The molecule has 1 N–H and O–H groups in total. The van der Waals surface area contributed by atoms with Crippen molar-refractivity contribution in [3.8, 4) is 0 Å². The Morgan fingerprint density at radius 2 is 1.83 bits per heavy atom. The topological polar surface area (TPSA) is 52.7 Å². The van der Waals surface area contributed by atoms with Gasteiger partial charge in [-0.2, -0.15) is 0 Å². The summed E-state index contributed by atoms with van der Waals surface area (Å²) in [4.78, 5) is 29.6. The molecule has 2 aromatic rings. The largest absolute Gasteiger partial charge is 0.370 e. The van der Waals surface area contributed by atoms with E-state index >= 15 is 0 Å². The minimum Gasteiger partial charge on any atom is -0.370 e. The molecule has 0 aromatic heterocycles. The summed E-state index contributed by atoms with van der Waals surface area (Å²) in [5, 5.41) is 3.11. The molecule has 2 fully saturated rings. The smallest absolute Gasteiger partial charge is 0.229 e. The quantitative estimate of drug-likeness (QED) is 0.849. The number of para-hydroxylation sites is 2. The van der Waals surface area contributed by atoms with Crippen molar-refractivity contribution in [3.05, 3.63) is 54.1 Å². The van der Waals surface area contributed by atoms with Gasteiger partial charge < -0.3 is 15.1 Å². The SMILES string of the molecule is Cc1cccc(N2C[C@@H](C(=O)Nc3ccccc3N3CCC(C)CC3)CC2=O)c1. The Morgan fingerprint density at radius 3 is 2.59 bits per heavy atom. The van der Waals surface area contributed by atoms with Crippen molar-refractivity contribution < 1.29 is 9.59 Å². The molecule has 2 aromatic carbocycles. The third-order valence-corrected chi connectivity index (χ3v) is 6.10. The number of nitrogens with zero attached hydrogens (tertiary/aromatic N) is 2. The number of carbonyl (C=O) groups is 2. The molecule has 2 aliphatic heterocycles. The molecule has 0 unspecified atom stereocenters. The average Bonchev–Trinajstić information content (AvgIpc) is 3.11. The molecule has 29 heavy (non-hydrogen) atoms. The Morgan fingerprint density at radius 1 is 1.07 bits per heavy atom. The van der Waals surface area contributed by atoms with Crippen LogP contribution in [-0.2, 0) is 9.59 Å². The van der Waals surface area contributed by atoms with E-state index in [1.165, 1.54) is 12.8 Å². The highest BCUT2D eigenvalue weighted by Gasteiger charge is 2.35. The van der Waals surface area contributed by atoms with Crippen molar-refractivity contribution in [2.75, 3.05) is 34.8 Å². The van der Waals surface area contributed by atoms with Gasteiger partial charge in [-0.3, -0.25) is 9.59 Å². The second kappa shape index (κ2) is 8.27. The van der Waals surface area contributed by atoms with Gasteiger partial charge in [0, 0.05) is 31.7 Å². The van der Waals surface area contributed by atoms with Gasteiger partial charge >= 0.3 is 0 Å². The second-order valence-electron chi connectivity index (χ2n) is 8.42. The van der Waals surface area contributed by atoms with Gasteiger partial charge in [0.2, 0.25) is 11.8 Å². The number of hydrogen-bond acceptors (Lipinski definition) is 3. The van der Waals surface area contributed by atoms with E-state index in [1.54, 1.807) is 4.90 Å². The summed E-state index contributed by atoms with van der Waals surface area (Å²) in [7, 11) is 0. The summed E-state index contributed by atoms with van der Waals surface area (Å²) < 4.78 is 0. The fourth-order valence-corrected chi connectivity index (χ4v) is 4.27. The molecular weight excluding hydrogens is 362 g/mol. The number of anilines is 3. The molecule has 0 radical (unpaired) electrons. The number of nitrogens with one attached hydrogen (secondary N) is 1. The maximum atomic E-state index is 13.0. The first-order valence-corrected chi connectivity index (χ1v) is 10.5. The van der Waals surface area contributed by atoms with E-state index in [-0.39, 0.29) is 24.2 Å². The van der Waals surface area contributed by atoms with Gasteiger partial charge in [0.15, 0.2) is 0 Å². The number of benzene rings is 2. The van der Waals surface area contributed by atoms with E-state index in [0.717, 1.165) is 41.6 Å². The summed E-state index contributed by atoms with van der Waals surface area (Å²) in [5.74, 6) is 0.350. The average molecular weight is 392 g/mol. The lowest BCUT2D eigenvalue weighted by molar-refractivity contribution is -0.122. The van der Waals surface area contributed by atoms with Gasteiger partial charge in [-0.05, 0) is 55.5 Å². The van der Waals surface area contributed by atoms with Crippen LogP contribution in [0.1, 0.15) is 31.7 Å². The first-order valence-electron chi connectivity index (χ1n) is 10.5. The van der Waals surface area contributed by atoms with Crippen LogP contribution in [0.5, 0.6) is 0 Å². The van der Waals surface area contributed by atoms with E-state index < -0.39 is 0 Å². The molecule has 4 rings (SSSR count). The van der Waals surface area contributed by atoms with Crippen LogP contribution in [0.2, 0.25) is 0 Å². The fraction of sp³-hybridized carbons (Fsp3) is 0.417. The highest BCUT2D eigenvalue weighted by Crippen LogP contribution is 2.31.